The van der Waals surface area contributed by atoms with Crippen LogP contribution in [0.25, 0.3) is 0 Å². The van der Waals surface area contributed by atoms with E-state index in [0.29, 0.717) is 0 Å². The van der Waals surface area contributed by atoms with E-state index in [0.717, 1.165) is 32.5 Å². The van der Waals surface area contributed by atoms with E-state index in [1.165, 1.54) is 5.56 Å². The average Bonchev–Trinajstić information content (AvgIpc) is 2.31. The number of hydrogen-bond donors (Lipinski definition) is 0. The van der Waals surface area contributed by atoms with Gasteiger partial charge in [-0.1, -0.05) is 43.7 Å². The fourth-order valence-electron chi connectivity index (χ4n) is 1.43. The molecule has 0 aliphatic rings. The summed E-state index contributed by atoms with van der Waals surface area (Å²) < 4.78 is 11.1. The van der Waals surface area contributed by atoms with Gasteiger partial charge in [0.2, 0.25) is 0 Å². The highest BCUT2D eigenvalue weighted by molar-refractivity contribution is 5.14. The Morgan fingerprint density at radius 2 is 1.75 bits per heavy atom. The zero-order valence-corrected chi connectivity index (χ0v) is 10.3. The van der Waals surface area contributed by atoms with Crippen molar-refractivity contribution in [3.63, 3.8) is 0 Å². The van der Waals surface area contributed by atoms with Crippen LogP contribution in [0.3, 0.4) is 0 Å². The monoisotopic (exact) mass is 222 g/mol. The van der Waals surface area contributed by atoms with Crippen molar-refractivity contribution in [3.05, 3.63) is 35.9 Å². The van der Waals surface area contributed by atoms with Crippen molar-refractivity contribution in [1.82, 2.24) is 0 Å². The van der Waals surface area contributed by atoms with Crippen LogP contribution in [0.15, 0.2) is 30.3 Å². The van der Waals surface area contributed by atoms with Crippen LogP contribution in [0.5, 0.6) is 0 Å². The molecule has 1 aromatic carbocycles. The molecule has 0 radical (unpaired) electrons. The Labute approximate surface area is 98.6 Å². The molecule has 2 nitrogen and oxygen atoms in total. The zero-order chi connectivity index (χ0) is 11.6. The molecule has 2 heteroatoms. The van der Waals surface area contributed by atoms with Gasteiger partial charge < -0.3 is 9.47 Å². The summed E-state index contributed by atoms with van der Waals surface area (Å²) in [7, 11) is 0. The van der Waals surface area contributed by atoms with Gasteiger partial charge in [-0.3, -0.25) is 0 Å². The zero-order valence-electron chi connectivity index (χ0n) is 10.3. The van der Waals surface area contributed by atoms with Crippen LogP contribution in [-0.2, 0) is 15.9 Å². The summed E-state index contributed by atoms with van der Waals surface area (Å²) in [6.45, 7) is 5.63. The van der Waals surface area contributed by atoms with Crippen molar-refractivity contribution in [2.45, 2.75) is 39.4 Å². The Bertz CT molecular complexity index is 259. The van der Waals surface area contributed by atoms with Gasteiger partial charge >= 0.3 is 0 Å². The molecule has 0 saturated heterocycles. The molecule has 0 spiro atoms. The van der Waals surface area contributed by atoms with E-state index >= 15 is 0 Å². The van der Waals surface area contributed by atoms with Crippen LogP contribution in [0, 0.1) is 0 Å². The second-order valence-electron chi connectivity index (χ2n) is 3.90. The van der Waals surface area contributed by atoms with Crippen LogP contribution in [0.2, 0.25) is 0 Å². The van der Waals surface area contributed by atoms with E-state index in [2.05, 4.69) is 31.2 Å². The summed E-state index contributed by atoms with van der Waals surface area (Å²) in [5.41, 5.74) is 1.31. The Morgan fingerprint density at radius 3 is 2.44 bits per heavy atom. The van der Waals surface area contributed by atoms with Gasteiger partial charge in [0, 0.05) is 6.61 Å². The van der Waals surface area contributed by atoms with Crippen molar-refractivity contribution >= 4 is 0 Å². The topological polar surface area (TPSA) is 18.5 Å². The molecule has 0 aliphatic carbocycles. The first kappa shape index (κ1) is 13.2. The summed E-state index contributed by atoms with van der Waals surface area (Å²) in [5.74, 6) is 0. The summed E-state index contributed by atoms with van der Waals surface area (Å²) in [4.78, 5) is 0. The molecule has 1 aromatic rings. The number of hydrogen-bond acceptors (Lipinski definition) is 2. The van der Waals surface area contributed by atoms with Gasteiger partial charge in [-0.15, -0.1) is 0 Å². The van der Waals surface area contributed by atoms with Gasteiger partial charge in [0.1, 0.15) is 0 Å². The van der Waals surface area contributed by atoms with Crippen LogP contribution >= 0.6 is 0 Å². The molecule has 1 atom stereocenters. The summed E-state index contributed by atoms with van der Waals surface area (Å²) in [6.07, 6.45) is 3.13. The first-order valence-electron chi connectivity index (χ1n) is 6.10. The van der Waals surface area contributed by atoms with Gasteiger partial charge in [0.15, 0.2) is 6.29 Å². The highest BCUT2D eigenvalue weighted by Gasteiger charge is 2.01. The summed E-state index contributed by atoms with van der Waals surface area (Å²) in [5, 5.41) is 0. The van der Waals surface area contributed by atoms with Crippen LogP contribution in [0.4, 0.5) is 0 Å². The minimum absolute atomic E-state index is 0.0877. The fourth-order valence-corrected chi connectivity index (χ4v) is 1.43. The molecule has 0 aliphatic heterocycles. The smallest absolute Gasteiger partial charge is 0.154 e. The third-order valence-electron chi connectivity index (χ3n) is 2.44. The Hall–Kier alpha value is -0.860. The Kier molecular flexibility index (Phi) is 6.86. The molecule has 0 bridgehead atoms. The standard InChI is InChI=1S/C14H22O2/c1-3-4-11-15-13(2)16-12-10-14-8-6-5-7-9-14/h5-9,13H,3-4,10-12H2,1-2H3. The lowest BCUT2D eigenvalue weighted by molar-refractivity contribution is -0.130. The molecular weight excluding hydrogens is 200 g/mol. The molecule has 16 heavy (non-hydrogen) atoms. The maximum absolute atomic E-state index is 5.57. The first-order valence-corrected chi connectivity index (χ1v) is 6.10. The molecule has 0 saturated carbocycles. The number of ether oxygens (including phenoxy) is 2. The molecule has 0 heterocycles. The minimum Gasteiger partial charge on any atom is -0.353 e. The number of rotatable bonds is 8. The first-order chi connectivity index (χ1) is 7.83. The average molecular weight is 222 g/mol. The van der Waals surface area contributed by atoms with Gasteiger partial charge in [0.05, 0.1) is 6.61 Å². The molecule has 1 unspecified atom stereocenters. The quantitative estimate of drug-likeness (QED) is 0.495. The molecule has 0 amide bonds. The van der Waals surface area contributed by atoms with Gasteiger partial charge in [-0.25, -0.2) is 0 Å². The van der Waals surface area contributed by atoms with Gasteiger partial charge in [0.25, 0.3) is 0 Å². The highest BCUT2D eigenvalue weighted by atomic mass is 16.7. The second-order valence-corrected chi connectivity index (χ2v) is 3.90. The fraction of sp³-hybridized carbons (Fsp3) is 0.571. The van der Waals surface area contributed by atoms with Crippen molar-refractivity contribution in [2.75, 3.05) is 13.2 Å². The molecule has 90 valence electrons. The Balaban J connectivity index is 2.06. The third kappa shape index (κ3) is 5.89. The van der Waals surface area contributed by atoms with Gasteiger partial charge in [-0.05, 0) is 25.3 Å². The molecule has 0 N–H and O–H groups in total. The SMILES string of the molecule is CCCCOC(C)OCCc1ccccc1. The van der Waals surface area contributed by atoms with Crippen molar-refractivity contribution in [1.29, 1.82) is 0 Å². The van der Waals surface area contributed by atoms with E-state index in [1.54, 1.807) is 0 Å². The van der Waals surface area contributed by atoms with E-state index in [4.69, 9.17) is 9.47 Å². The lowest BCUT2D eigenvalue weighted by Crippen LogP contribution is -2.15. The second kappa shape index (κ2) is 8.31. The van der Waals surface area contributed by atoms with E-state index in [1.807, 2.05) is 13.0 Å². The summed E-state index contributed by atoms with van der Waals surface area (Å²) in [6, 6.07) is 10.4. The van der Waals surface area contributed by atoms with Gasteiger partial charge in [-0.2, -0.15) is 0 Å². The maximum atomic E-state index is 5.57. The molecular formula is C14H22O2. The normalized spacial score (nSPS) is 12.6. The van der Waals surface area contributed by atoms with Crippen molar-refractivity contribution in [2.24, 2.45) is 0 Å². The third-order valence-corrected chi connectivity index (χ3v) is 2.44. The minimum atomic E-state index is -0.0877. The summed E-state index contributed by atoms with van der Waals surface area (Å²) >= 11 is 0. The van der Waals surface area contributed by atoms with Crippen LogP contribution < -0.4 is 0 Å². The van der Waals surface area contributed by atoms with E-state index in [-0.39, 0.29) is 6.29 Å². The highest BCUT2D eigenvalue weighted by Crippen LogP contribution is 2.02. The predicted octanol–water partition coefficient (Wildman–Crippen LogP) is 3.41. The lowest BCUT2D eigenvalue weighted by Gasteiger charge is -2.13. The van der Waals surface area contributed by atoms with Crippen LogP contribution in [0.1, 0.15) is 32.3 Å². The Morgan fingerprint density at radius 1 is 1.06 bits per heavy atom. The lowest BCUT2D eigenvalue weighted by atomic mass is 10.2. The molecule has 0 fully saturated rings. The number of unbranched alkanes of at least 4 members (excludes halogenated alkanes) is 1. The predicted molar refractivity (Wildman–Crippen MR) is 66.4 cm³/mol. The largest absolute Gasteiger partial charge is 0.353 e. The molecule has 1 rings (SSSR count). The van der Waals surface area contributed by atoms with Crippen molar-refractivity contribution < 1.29 is 9.47 Å². The van der Waals surface area contributed by atoms with Crippen LogP contribution in [-0.4, -0.2) is 19.5 Å². The number of benzene rings is 1. The van der Waals surface area contributed by atoms with Crippen molar-refractivity contribution in [3.8, 4) is 0 Å². The van der Waals surface area contributed by atoms with E-state index < -0.39 is 0 Å². The molecule has 0 aromatic heterocycles. The van der Waals surface area contributed by atoms with E-state index in [9.17, 15) is 0 Å². The maximum Gasteiger partial charge on any atom is 0.154 e.